The second-order valence-corrected chi connectivity index (χ2v) is 5.90. The molecule has 0 unspecified atom stereocenters. The van der Waals surface area contributed by atoms with Gasteiger partial charge < -0.3 is 10.1 Å². The maximum atomic E-state index is 12.9. The fourth-order valence-corrected chi connectivity index (χ4v) is 2.28. The van der Waals surface area contributed by atoms with Gasteiger partial charge in [0.05, 0.1) is 18.0 Å². The van der Waals surface area contributed by atoms with Crippen LogP contribution >= 0.6 is 27.5 Å². The zero-order valence-electron chi connectivity index (χ0n) is 11.6. The fraction of sp³-hybridized carbons (Fsp3) is 0.188. The topological polar surface area (TPSA) is 38.3 Å². The summed E-state index contributed by atoms with van der Waals surface area (Å²) in [6, 6.07) is 11.5. The van der Waals surface area contributed by atoms with Crippen molar-refractivity contribution in [2.45, 2.75) is 6.42 Å². The number of hydrogen-bond acceptors (Lipinski definition) is 2. The summed E-state index contributed by atoms with van der Waals surface area (Å²) in [4.78, 5) is 11.8. The van der Waals surface area contributed by atoms with E-state index in [1.165, 1.54) is 18.2 Å². The standard InChI is InChI=1S/C16H14BrClFNO2/c17-12-3-1-11(2-4-12)9-16(21)20-7-8-22-15-6-5-13(19)10-14(15)18/h1-6,10H,7-9H2,(H,20,21). The molecule has 0 saturated carbocycles. The molecule has 0 saturated heterocycles. The fourth-order valence-electron chi connectivity index (χ4n) is 1.79. The number of carbonyl (C=O) groups excluding carboxylic acids is 1. The van der Waals surface area contributed by atoms with Crippen molar-refractivity contribution in [2.24, 2.45) is 0 Å². The summed E-state index contributed by atoms with van der Waals surface area (Å²) in [6.07, 6.45) is 0.310. The maximum Gasteiger partial charge on any atom is 0.224 e. The van der Waals surface area contributed by atoms with Crippen LogP contribution in [0, 0.1) is 5.82 Å². The van der Waals surface area contributed by atoms with Crippen molar-refractivity contribution in [3.05, 3.63) is 63.3 Å². The van der Waals surface area contributed by atoms with Crippen LogP contribution in [0.5, 0.6) is 5.75 Å². The zero-order valence-corrected chi connectivity index (χ0v) is 14.0. The van der Waals surface area contributed by atoms with Crippen LogP contribution in [0.4, 0.5) is 4.39 Å². The molecule has 0 heterocycles. The van der Waals surface area contributed by atoms with Crippen LogP contribution in [0.3, 0.4) is 0 Å². The van der Waals surface area contributed by atoms with Crippen LogP contribution in [0.1, 0.15) is 5.56 Å². The minimum atomic E-state index is -0.417. The van der Waals surface area contributed by atoms with Crippen LogP contribution in [-0.4, -0.2) is 19.1 Å². The summed E-state index contributed by atoms with van der Waals surface area (Å²) >= 11 is 9.18. The Labute approximate surface area is 141 Å². The van der Waals surface area contributed by atoms with Gasteiger partial charge in [-0.3, -0.25) is 4.79 Å². The summed E-state index contributed by atoms with van der Waals surface area (Å²) in [7, 11) is 0. The van der Waals surface area contributed by atoms with Gasteiger partial charge in [-0.05, 0) is 35.9 Å². The molecule has 0 radical (unpaired) electrons. The van der Waals surface area contributed by atoms with Crippen molar-refractivity contribution in [3.63, 3.8) is 0 Å². The highest BCUT2D eigenvalue weighted by molar-refractivity contribution is 9.10. The summed E-state index contributed by atoms with van der Waals surface area (Å²) in [6.45, 7) is 0.612. The predicted molar refractivity (Wildman–Crippen MR) is 87.8 cm³/mol. The number of ether oxygens (including phenoxy) is 1. The summed E-state index contributed by atoms with van der Waals surface area (Å²) in [5.74, 6) is -0.110. The van der Waals surface area contributed by atoms with Crippen molar-refractivity contribution in [3.8, 4) is 5.75 Å². The monoisotopic (exact) mass is 385 g/mol. The van der Waals surface area contributed by atoms with Crippen molar-refractivity contribution in [2.75, 3.05) is 13.2 Å². The molecule has 22 heavy (non-hydrogen) atoms. The van der Waals surface area contributed by atoms with Gasteiger partial charge in [-0.15, -0.1) is 0 Å². The molecular formula is C16H14BrClFNO2. The second-order valence-electron chi connectivity index (χ2n) is 4.58. The van der Waals surface area contributed by atoms with Gasteiger partial charge in [0, 0.05) is 4.47 Å². The first-order chi connectivity index (χ1) is 10.5. The number of nitrogens with one attached hydrogen (secondary N) is 1. The third-order valence-electron chi connectivity index (χ3n) is 2.85. The number of rotatable bonds is 6. The number of carbonyl (C=O) groups is 1. The Balaban J connectivity index is 1.72. The zero-order chi connectivity index (χ0) is 15.9. The highest BCUT2D eigenvalue weighted by Crippen LogP contribution is 2.24. The number of halogens is 3. The van der Waals surface area contributed by atoms with E-state index in [0.29, 0.717) is 18.7 Å². The smallest absolute Gasteiger partial charge is 0.224 e. The molecule has 2 aromatic rings. The lowest BCUT2D eigenvalue weighted by Gasteiger charge is -2.09. The lowest BCUT2D eigenvalue weighted by molar-refractivity contribution is -0.120. The first-order valence-electron chi connectivity index (χ1n) is 6.63. The first-order valence-corrected chi connectivity index (χ1v) is 7.80. The third kappa shape index (κ3) is 5.31. The maximum absolute atomic E-state index is 12.9. The SMILES string of the molecule is O=C(Cc1ccc(Br)cc1)NCCOc1ccc(F)cc1Cl. The quantitative estimate of drug-likeness (QED) is 0.763. The van der Waals surface area contributed by atoms with Gasteiger partial charge >= 0.3 is 0 Å². The molecule has 0 spiro atoms. The highest BCUT2D eigenvalue weighted by atomic mass is 79.9. The van der Waals surface area contributed by atoms with Crippen molar-refractivity contribution < 1.29 is 13.9 Å². The largest absolute Gasteiger partial charge is 0.490 e. The molecule has 1 amide bonds. The van der Waals surface area contributed by atoms with E-state index in [9.17, 15) is 9.18 Å². The van der Waals surface area contributed by atoms with Gasteiger partial charge in [-0.2, -0.15) is 0 Å². The van der Waals surface area contributed by atoms with E-state index >= 15 is 0 Å². The molecule has 2 aromatic carbocycles. The molecule has 0 aliphatic carbocycles. The van der Waals surface area contributed by atoms with Gasteiger partial charge in [-0.25, -0.2) is 4.39 Å². The second kappa shape index (κ2) is 8.15. The molecule has 0 atom stereocenters. The van der Waals surface area contributed by atoms with Crippen LogP contribution in [0.15, 0.2) is 46.9 Å². The van der Waals surface area contributed by atoms with Gasteiger partial charge in [0.1, 0.15) is 18.2 Å². The lowest BCUT2D eigenvalue weighted by atomic mass is 10.1. The molecule has 0 bridgehead atoms. The summed E-state index contributed by atoms with van der Waals surface area (Å²) in [5.41, 5.74) is 0.934. The van der Waals surface area contributed by atoms with Crippen LogP contribution < -0.4 is 10.1 Å². The Kier molecular flexibility index (Phi) is 6.21. The number of amides is 1. The molecule has 116 valence electrons. The lowest BCUT2D eigenvalue weighted by Crippen LogP contribution is -2.29. The van der Waals surface area contributed by atoms with Crippen molar-refractivity contribution >= 4 is 33.4 Å². The van der Waals surface area contributed by atoms with Crippen LogP contribution in [0.2, 0.25) is 5.02 Å². The van der Waals surface area contributed by atoms with E-state index < -0.39 is 5.82 Å². The van der Waals surface area contributed by atoms with Gasteiger partial charge in [0.15, 0.2) is 0 Å². The minimum Gasteiger partial charge on any atom is -0.490 e. The number of benzene rings is 2. The molecule has 0 aliphatic heterocycles. The average Bonchev–Trinajstić information content (AvgIpc) is 2.48. The predicted octanol–water partition coefficient (Wildman–Crippen LogP) is 3.98. The molecule has 0 aromatic heterocycles. The highest BCUT2D eigenvalue weighted by Gasteiger charge is 2.05. The first kappa shape index (κ1) is 16.8. The molecule has 6 heteroatoms. The Morgan fingerprint density at radius 2 is 1.95 bits per heavy atom. The normalized spacial score (nSPS) is 10.3. The van der Waals surface area contributed by atoms with Crippen LogP contribution in [0.25, 0.3) is 0 Å². The Morgan fingerprint density at radius 1 is 1.23 bits per heavy atom. The van der Waals surface area contributed by atoms with E-state index in [2.05, 4.69) is 21.2 Å². The van der Waals surface area contributed by atoms with E-state index in [4.69, 9.17) is 16.3 Å². The Hall–Kier alpha value is -1.59. The van der Waals surface area contributed by atoms with Gasteiger partial charge in [-0.1, -0.05) is 39.7 Å². The van der Waals surface area contributed by atoms with E-state index in [0.717, 1.165) is 10.0 Å². The van der Waals surface area contributed by atoms with Crippen molar-refractivity contribution in [1.29, 1.82) is 0 Å². The van der Waals surface area contributed by atoms with E-state index in [1.54, 1.807) is 0 Å². The Morgan fingerprint density at radius 3 is 2.64 bits per heavy atom. The minimum absolute atomic E-state index is 0.0869. The Bertz CT molecular complexity index is 649. The van der Waals surface area contributed by atoms with Gasteiger partial charge in [0.2, 0.25) is 5.91 Å². The van der Waals surface area contributed by atoms with E-state index in [1.807, 2.05) is 24.3 Å². The molecule has 0 fully saturated rings. The van der Waals surface area contributed by atoms with Crippen LogP contribution in [-0.2, 0) is 11.2 Å². The molecule has 3 nitrogen and oxygen atoms in total. The molecular weight excluding hydrogens is 373 g/mol. The molecule has 1 N–H and O–H groups in total. The van der Waals surface area contributed by atoms with Gasteiger partial charge in [0.25, 0.3) is 0 Å². The molecule has 2 rings (SSSR count). The third-order valence-corrected chi connectivity index (χ3v) is 3.68. The molecule has 0 aliphatic rings. The number of hydrogen-bond donors (Lipinski definition) is 1. The van der Waals surface area contributed by atoms with E-state index in [-0.39, 0.29) is 17.5 Å². The summed E-state index contributed by atoms with van der Waals surface area (Å²) < 4.78 is 19.2. The average molecular weight is 387 g/mol. The summed E-state index contributed by atoms with van der Waals surface area (Å²) in [5, 5.41) is 2.96. The van der Waals surface area contributed by atoms with Crippen molar-refractivity contribution in [1.82, 2.24) is 5.32 Å².